The minimum atomic E-state index is -0.203. The molecule has 1 aliphatic heterocycles. The molecule has 1 aliphatic rings. The summed E-state index contributed by atoms with van der Waals surface area (Å²) in [6.45, 7) is 1.92. The van der Waals surface area contributed by atoms with E-state index >= 15 is 0 Å². The first-order valence-corrected chi connectivity index (χ1v) is 6.59. The summed E-state index contributed by atoms with van der Waals surface area (Å²) >= 11 is 3.44. The van der Waals surface area contributed by atoms with Gasteiger partial charge in [-0.3, -0.25) is 0 Å². The van der Waals surface area contributed by atoms with Crippen LogP contribution in [0, 0.1) is 5.82 Å². The molecular formula is C12H13BrFN3. The molecule has 1 N–H and O–H groups in total. The Kier molecular flexibility index (Phi) is 2.88. The van der Waals surface area contributed by atoms with Crippen LogP contribution in [0.2, 0.25) is 0 Å². The van der Waals surface area contributed by atoms with Gasteiger partial charge in [-0.15, -0.1) is 0 Å². The Morgan fingerprint density at radius 2 is 2.35 bits per heavy atom. The average Bonchev–Trinajstić information content (AvgIpc) is 2.68. The zero-order valence-electron chi connectivity index (χ0n) is 9.29. The monoisotopic (exact) mass is 297 g/mol. The molecule has 2 aromatic rings. The third-order valence-corrected chi connectivity index (χ3v) is 3.81. The quantitative estimate of drug-likeness (QED) is 0.877. The molecule has 1 aromatic heterocycles. The highest BCUT2D eigenvalue weighted by atomic mass is 79.9. The fraction of sp³-hybridized carbons (Fsp3) is 0.417. The number of aromatic nitrogens is 2. The first-order valence-electron chi connectivity index (χ1n) is 5.80. The lowest BCUT2D eigenvalue weighted by atomic mass is 10.1. The molecule has 0 bridgehead atoms. The Labute approximate surface area is 107 Å². The van der Waals surface area contributed by atoms with Gasteiger partial charge in [-0.2, -0.15) is 0 Å². The summed E-state index contributed by atoms with van der Waals surface area (Å²) in [7, 11) is 0. The Balaban J connectivity index is 2.16. The second-order valence-electron chi connectivity index (χ2n) is 4.36. The van der Waals surface area contributed by atoms with E-state index in [1.807, 2.05) is 10.6 Å². The fourth-order valence-electron chi connectivity index (χ4n) is 2.47. The van der Waals surface area contributed by atoms with Crippen molar-refractivity contribution in [3.05, 3.63) is 28.7 Å². The van der Waals surface area contributed by atoms with Crippen LogP contribution in [0.15, 0.2) is 22.9 Å². The molecule has 1 atom stereocenters. The molecule has 1 saturated heterocycles. The van der Waals surface area contributed by atoms with E-state index < -0.39 is 0 Å². The molecule has 90 valence electrons. The van der Waals surface area contributed by atoms with Crippen LogP contribution in [0.3, 0.4) is 0 Å². The van der Waals surface area contributed by atoms with Gasteiger partial charge in [0.05, 0.1) is 5.52 Å². The van der Waals surface area contributed by atoms with Crippen molar-refractivity contribution in [2.75, 3.05) is 13.1 Å². The molecular weight excluding hydrogens is 285 g/mol. The van der Waals surface area contributed by atoms with Gasteiger partial charge >= 0.3 is 0 Å². The van der Waals surface area contributed by atoms with Gasteiger partial charge in [0.1, 0.15) is 11.3 Å². The zero-order valence-corrected chi connectivity index (χ0v) is 10.9. The Hall–Kier alpha value is -0.940. The highest BCUT2D eigenvalue weighted by Gasteiger charge is 2.21. The third-order valence-electron chi connectivity index (χ3n) is 3.25. The average molecular weight is 298 g/mol. The Morgan fingerprint density at radius 3 is 3.12 bits per heavy atom. The van der Waals surface area contributed by atoms with Gasteiger partial charge in [0, 0.05) is 12.6 Å². The largest absolute Gasteiger partial charge is 0.315 e. The van der Waals surface area contributed by atoms with Crippen LogP contribution in [0.5, 0.6) is 0 Å². The maximum Gasteiger partial charge on any atom is 0.178 e. The molecule has 0 amide bonds. The standard InChI is InChI=1S/C12H13BrFN3/c13-12-16-10-5-1-4-9(14)11(10)17(12)8-3-2-6-15-7-8/h1,4-5,8,15H,2-3,6-7H2. The van der Waals surface area contributed by atoms with E-state index in [0.717, 1.165) is 25.9 Å². The van der Waals surface area contributed by atoms with Crippen LogP contribution in [-0.4, -0.2) is 22.6 Å². The summed E-state index contributed by atoms with van der Waals surface area (Å²) < 4.78 is 16.6. The van der Waals surface area contributed by atoms with E-state index in [-0.39, 0.29) is 11.9 Å². The maximum atomic E-state index is 13.9. The normalized spacial score (nSPS) is 20.9. The first kappa shape index (κ1) is 11.2. The smallest absolute Gasteiger partial charge is 0.178 e. The number of hydrogen-bond donors (Lipinski definition) is 1. The predicted molar refractivity (Wildman–Crippen MR) is 68.5 cm³/mol. The van der Waals surface area contributed by atoms with E-state index in [1.165, 1.54) is 6.07 Å². The summed E-state index contributed by atoms with van der Waals surface area (Å²) in [5, 5.41) is 3.34. The highest BCUT2D eigenvalue weighted by molar-refractivity contribution is 9.10. The lowest BCUT2D eigenvalue weighted by molar-refractivity contribution is 0.371. The van der Waals surface area contributed by atoms with Gasteiger partial charge in [-0.05, 0) is 47.4 Å². The van der Waals surface area contributed by atoms with Gasteiger partial charge in [0.25, 0.3) is 0 Å². The summed E-state index contributed by atoms with van der Waals surface area (Å²) in [6, 6.07) is 5.31. The Morgan fingerprint density at radius 1 is 1.47 bits per heavy atom. The second kappa shape index (κ2) is 4.38. The number of halogens is 2. The van der Waals surface area contributed by atoms with Crippen LogP contribution >= 0.6 is 15.9 Å². The summed E-state index contributed by atoms with van der Waals surface area (Å²) in [5.74, 6) is -0.203. The van der Waals surface area contributed by atoms with Gasteiger partial charge < -0.3 is 9.88 Å². The number of nitrogens with zero attached hydrogens (tertiary/aromatic N) is 2. The van der Waals surface area contributed by atoms with Crippen molar-refractivity contribution in [2.45, 2.75) is 18.9 Å². The van der Waals surface area contributed by atoms with Gasteiger partial charge in [-0.1, -0.05) is 6.07 Å². The van der Waals surface area contributed by atoms with Crippen molar-refractivity contribution in [1.29, 1.82) is 0 Å². The molecule has 17 heavy (non-hydrogen) atoms. The molecule has 3 rings (SSSR count). The third kappa shape index (κ3) is 1.87. The summed E-state index contributed by atoms with van der Waals surface area (Å²) in [4.78, 5) is 4.36. The number of rotatable bonds is 1. The van der Waals surface area contributed by atoms with Crippen LogP contribution < -0.4 is 5.32 Å². The molecule has 0 saturated carbocycles. The van der Waals surface area contributed by atoms with E-state index in [4.69, 9.17) is 0 Å². The van der Waals surface area contributed by atoms with Crippen molar-refractivity contribution >= 4 is 27.0 Å². The molecule has 5 heteroatoms. The van der Waals surface area contributed by atoms with Gasteiger partial charge in [0.2, 0.25) is 0 Å². The van der Waals surface area contributed by atoms with Crippen LogP contribution in [0.25, 0.3) is 11.0 Å². The minimum Gasteiger partial charge on any atom is -0.315 e. The molecule has 3 nitrogen and oxygen atoms in total. The fourth-order valence-corrected chi connectivity index (χ4v) is 3.12. The van der Waals surface area contributed by atoms with Crippen molar-refractivity contribution in [3.63, 3.8) is 0 Å². The second-order valence-corrected chi connectivity index (χ2v) is 5.07. The number of fused-ring (bicyclic) bond motifs is 1. The van der Waals surface area contributed by atoms with Crippen LogP contribution in [0.4, 0.5) is 4.39 Å². The van der Waals surface area contributed by atoms with Crippen molar-refractivity contribution in [2.24, 2.45) is 0 Å². The number of nitrogens with one attached hydrogen (secondary N) is 1. The predicted octanol–water partition coefficient (Wildman–Crippen LogP) is 2.86. The molecule has 1 aromatic carbocycles. The van der Waals surface area contributed by atoms with Crippen molar-refractivity contribution < 1.29 is 4.39 Å². The highest BCUT2D eigenvalue weighted by Crippen LogP contribution is 2.29. The zero-order chi connectivity index (χ0) is 11.8. The number of hydrogen-bond acceptors (Lipinski definition) is 2. The number of imidazole rings is 1. The Bertz CT molecular complexity index is 546. The van der Waals surface area contributed by atoms with E-state index in [1.54, 1.807) is 6.07 Å². The first-order chi connectivity index (χ1) is 8.27. The van der Waals surface area contributed by atoms with Crippen molar-refractivity contribution in [1.82, 2.24) is 14.9 Å². The minimum absolute atomic E-state index is 0.203. The maximum absolute atomic E-state index is 13.9. The number of para-hydroxylation sites is 1. The van der Waals surface area contributed by atoms with Crippen LogP contribution in [-0.2, 0) is 0 Å². The number of benzene rings is 1. The molecule has 2 heterocycles. The van der Waals surface area contributed by atoms with Crippen molar-refractivity contribution in [3.8, 4) is 0 Å². The number of piperidine rings is 1. The summed E-state index contributed by atoms with van der Waals surface area (Å²) in [6.07, 6.45) is 2.18. The van der Waals surface area contributed by atoms with E-state index in [2.05, 4.69) is 26.2 Å². The molecule has 1 unspecified atom stereocenters. The lowest BCUT2D eigenvalue weighted by Crippen LogP contribution is -2.31. The SMILES string of the molecule is Fc1cccc2nc(Br)n(C3CCCNC3)c12. The van der Waals surface area contributed by atoms with E-state index in [9.17, 15) is 4.39 Å². The van der Waals surface area contributed by atoms with Crippen LogP contribution in [0.1, 0.15) is 18.9 Å². The molecule has 0 spiro atoms. The van der Waals surface area contributed by atoms with Gasteiger partial charge in [0.15, 0.2) is 4.73 Å². The lowest BCUT2D eigenvalue weighted by Gasteiger charge is -2.25. The van der Waals surface area contributed by atoms with E-state index in [0.29, 0.717) is 15.8 Å². The molecule has 0 aliphatic carbocycles. The van der Waals surface area contributed by atoms with Gasteiger partial charge in [-0.25, -0.2) is 9.37 Å². The molecule has 0 radical (unpaired) electrons. The summed E-state index contributed by atoms with van der Waals surface area (Å²) in [5.41, 5.74) is 1.32. The molecule has 1 fully saturated rings. The topological polar surface area (TPSA) is 29.9 Å².